The van der Waals surface area contributed by atoms with Gasteiger partial charge in [-0.05, 0) is 42.9 Å². The monoisotopic (exact) mass is 425 g/mol. The highest BCUT2D eigenvalue weighted by atomic mass is 32.2. The van der Waals surface area contributed by atoms with Gasteiger partial charge in [0.25, 0.3) is 0 Å². The Morgan fingerprint density at radius 1 is 1.07 bits per heavy atom. The molecule has 0 fully saturated rings. The lowest BCUT2D eigenvalue weighted by molar-refractivity contribution is -0.116. The average Bonchev–Trinajstić information content (AvgIpc) is 3.16. The molecule has 1 N–H and O–H groups in total. The number of carbonyl (C=O) groups is 2. The number of nitrogens with one attached hydrogen (secondary N) is 1. The second kappa shape index (κ2) is 10.3. The van der Waals surface area contributed by atoms with Gasteiger partial charge >= 0.3 is 5.97 Å². The molecule has 0 bridgehead atoms. The average molecular weight is 426 g/mol. The van der Waals surface area contributed by atoms with E-state index in [9.17, 15) is 9.59 Å². The zero-order valence-electron chi connectivity index (χ0n) is 16.4. The van der Waals surface area contributed by atoms with Crippen molar-refractivity contribution in [2.75, 3.05) is 18.2 Å². The van der Waals surface area contributed by atoms with E-state index in [1.54, 1.807) is 11.8 Å². The molecular weight excluding hydrogens is 402 g/mol. The van der Waals surface area contributed by atoms with Crippen LogP contribution in [0.1, 0.15) is 28.1 Å². The van der Waals surface area contributed by atoms with E-state index < -0.39 is 5.97 Å². The Morgan fingerprint density at radius 2 is 1.79 bits per heavy atom. The van der Waals surface area contributed by atoms with Crippen molar-refractivity contribution in [2.24, 2.45) is 0 Å². The molecule has 0 saturated carbocycles. The Morgan fingerprint density at radius 3 is 2.48 bits per heavy atom. The molecule has 29 heavy (non-hydrogen) atoms. The van der Waals surface area contributed by atoms with Crippen molar-refractivity contribution in [3.63, 3.8) is 0 Å². The van der Waals surface area contributed by atoms with Crippen LogP contribution < -0.4 is 5.32 Å². The van der Waals surface area contributed by atoms with Gasteiger partial charge in [0.2, 0.25) is 5.91 Å². The molecule has 0 atom stereocenters. The quantitative estimate of drug-likeness (QED) is 0.272. The molecular formula is C23H23NO3S2. The molecule has 3 aromatic rings. The first-order valence-electron chi connectivity index (χ1n) is 9.33. The number of hydrogen-bond donors (Lipinski definition) is 1. The Kier molecular flexibility index (Phi) is 7.49. The fourth-order valence-corrected chi connectivity index (χ4v) is 4.63. The normalized spacial score (nSPS) is 10.6. The number of ether oxygens (including phenoxy) is 1. The molecule has 4 nitrogen and oxygen atoms in total. The van der Waals surface area contributed by atoms with Crippen molar-refractivity contribution in [2.45, 2.75) is 24.7 Å². The Balaban J connectivity index is 1.59. The molecule has 6 heteroatoms. The van der Waals surface area contributed by atoms with E-state index in [1.807, 2.05) is 36.4 Å². The number of rotatable bonds is 8. The van der Waals surface area contributed by atoms with Gasteiger partial charge in [-0.15, -0.1) is 23.1 Å². The number of benzene rings is 2. The number of amides is 1. The second-order valence-corrected chi connectivity index (χ2v) is 8.74. The van der Waals surface area contributed by atoms with E-state index in [4.69, 9.17) is 4.74 Å². The standard InChI is InChI=1S/C23H23NO3S2/c1-16-10-12-18(13-11-16)28-14-6-9-21(25)24-19-15-20(17-7-4-3-5-8-17)29-22(19)23(26)27-2/h3-5,7-8,10-13,15H,6,9,14H2,1-2H3,(H,24,25). The van der Waals surface area contributed by atoms with Crippen LogP contribution in [0.2, 0.25) is 0 Å². The third-order valence-electron chi connectivity index (χ3n) is 4.27. The smallest absolute Gasteiger partial charge is 0.350 e. The third-order valence-corrected chi connectivity index (χ3v) is 6.54. The van der Waals surface area contributed by atoms with Crippen molar-refractivity contribution in [3.8, 4) is 10.4 Å². The number of thiophene rings is 1. The van der Waals surface area contributed by atoms with Crippen molar-refractivity contribution >= 4 is 40.7 Å². The number of anilines is 1. The highest BCUT2D eigenvalue weighted by Gasteiger charge is 2.19. The molecule has 0 unspecified atom stereocenters. The molecule has 2 aromatic carbocycles. The largest absolute Gasteiger partial charge is 0.465 e. The van der Waals surface area contributed by atoms with Crippen molar-refractivity contribution in [1.82, 2.24) is 0 Å². The van der Waals surface area contributed by atoms with Crippen LogP contribution in [0.5, 0.6) is 0 Å². The molecule has 0 aliphatic rings. The van der Waals surface area contributed by atoms with Gasteiger partial charge in [0.15, 0.2) is 0 Å². The predicted octanol–water partition coefficient (Wildman–Crippen LogP) is 6.02. The summed E-state index contributed by atoms with van der Waals surface area (Å²) in [5.41, 5.74) is 2.75. The van der Waals surface area contributed by atoms with Crippen molar-refractivity contribution in [1.29, 1.82) is 0 Å². The maximum Gasteiger partial charge on any atom is 0.350 e. The van der Waals surface area contributed by atoms with Gasteiger partial charge in [0.05, 0.1) is 12.8 Å². The Bertz CT molecular complexity index is 966. The van der Waals surface area contributed by atoms with E-state index in [1.165, 1.54) is 28.9 Å². The fourth-order valence-electron chi connectivity index (χ4n) is 2.74. The molecule has 3 rings (SSSR count). The van der Waals surface area contributed by atoms with Gasteiger partial charge < -0.3 is 10.1 Å². The second-order valence-electron chi connectivity index (χ2n) is 6.52. The summed E-state index contributed by atoms with van der Waals surface area (Å²) in [5.74, 6) is 0.318. The van der Waals surface area contributed by atoms with E-state index in [0.29, 0.717) is 17.0 Å². The summed E-state index contributed by atoms with van der Waals surface area (Å²) >= 11 is 3.06. The topological polar surface area (TPSA) is 55.4 Å². The summed E-state index contributed by atoms with van der Waals surface area (Å²) in [4.78, 5) is 27.1. The van der Waals surface area contributed by atoms with E-state index in [-0.39, 0.29) is 5.91 Å². The molecule has 150 valence electrons. The summed E-state index contributed by atoms with van der Waals surface area (Å²) in [6, 6.07) is 20.0. The molecule has 1 aromatic heterocycles. The highest BCUT2D eigenvalue weighted by Crippen LogP contribution is 2.35. The Labute approximate surface area is 179 Å². The highest BCUT2D eigenvalue weighted by molar-refractivity contribution is 7.99. The minimum Gasteiger partial charge on any atom is -0.465 e. The van der Waals surface area contributed by atoms with E-state index in [2.05, 4.69) is 36.5 Å². The maximum absolute atomic E-state index is 12.4. The number of thioether (sulfide) groups is 1. The molecule has 0 aliphatic heterocycles. The number of aryl methyl sites for hydroxylation is 1. The lowest BCUT2D eigenvalue weighted by atomic mass is 10.2. The first-order chi connectivity index (χ1) is 14.1. The van der Waals surface area contributed by atoms with Gasteiger partial charge in [-0.25, -0.2) is 4.79 Å². The van der Waals surface area contributed by atoms with Gasteiger partial charge in [-0.3, -0.25) is 4.79 Å². The molecule has 0 radical (unpaired) electrons. The predicted molar refractivity (Wildman–Crippen MR) is 121 cm³/mol. The molecule has 1 amide bonds. The third kappa shape index (κ3) is 5.95. The zero-order valence-corrected chi connectivity index (χ0v) is 18.1. The number of hydrogen-bond acceptors (Lipinski definition) is 5. The van der Waals surface area contributed by atoms with Crippen LogP contribution in [-0.2, 0) is 9.53 Å². The van der Waals surface area contributed by atoms with Crippen molar-refractivity contribution in [3.05, 3.63) is 71.1 Å². The molecule has 0 spiro atoms. The fraction of sp³-hybridized carbons (Fsp3) is 0.217. The number of carbonyl (C=O) groups excluding carboxylic acids is 2. The SMILES string of the molecule is COC(=O)c1sc(-c2ccccc2)cc1NC(=O)CCCSc1ccc(C)cc1. The van der Waals surface area contributed by atoms with Crippen LogP contribution in [-0.4, -0.2) is 24.7 Å². The van der Waals surface area contributed by atoms with Crippen LogP contribution >= 0.6 is 23.1 Å². The van der Waals surface area contributed by atoms with Crippen LogP contribution in [0, 0.1) is 6.92 Å². The molecule has 0 saturated heterocycles. The van der Waals surface area contributed by atoms with E-state index >= 15 is 0 Å². The van der Waals surface area contributed by atoms with E-state index in [0.717, 1.165) is 22.6 Å². The summed E-state index contributed by atoms with van der Waals surface area (Å²) in [5, 5.41) is 2.88. The first kappa shape index (κ1) is 21.1. The summed E-state index contributed by atoms with van der Waals surface area (Å²) < 4.78 is 4.88. The minimum absolute atomic E-state index is 0.0999. The summed E-state index contributed by atoms with van der Waals surface area (Å²) in [6.45, 7) is 2.06. The molecule has 1 heterocycles. The van der Waals surface area contributed by atoms with Gasteiger partial charge in [-0.1, -0.05) is 48.0 Å². The van der Waals surface area contributed by atoms with Crippen LogP contribution in [0.25, 0.3) is 10.4 Å². The summed E-state index contributed by atoms with van der Waals surface area (Å²) in [7, 11) is 1.35. The van der Waals surface area contributed by atoms with Crippen LogP contribution in [0.4, 0.5) is 5.69 Å². The lowest BCUT2D eigenvalue weighted by Crippen LogP contribution is -2.13. The Hall–Kier alpha value is -2.57. The lowest BCUT2D eigenvalue weighted by Gasteiger charge is -2.06. The minimum atomic E-state index is -0.442. The number of methoxy groups -OCH3 is 1. The van der Waals surface area contributed by atoms with Gasteiger partial charge in [0.1, 0.15) is 4.88 Å². The van der Waals surface area contributed by atoms with Gasteiger partial charge in [-0.2, -0.15) is 0 Å². The molecule has 0 aliphatic carbocycles. The summed E-state index contributed by atoms with van der Waals surface area (Å²) in [6.07, 6.45) is 1.16. The first-order valence-corrected chi connectivity index (χ1v) is 11.1. The van der Waals surface area contributed by atoms with Gasteiger partial charge in [0, 0.05) is 16.2 Å². The maximum atomic E-state index is 12.4. The number of esters is 1. The van der Waals surface area contributed by atoms with Crippen LogP contribution in [0.3, 0.4) is 0 Å². The zero-order chi connectivity index (χ0) is 20.6. The van der Waals surface area contributed by atoms with Crippen LogP contribution in [0.15, 0.2) is 65.6 Å². The van der Waals surface area contributed by atoms with Crippen molar-refractivity contribution < 1.29 is 14.3 Å².